The van der Waals surface area contributed by atoms with Crippen LogP contribution in [0.4, 0.5) is 4.79 Å². The van der Waals surface area contributed by atoms with Crippen molar-refractivity contribution in [3.63, 3.8) is 0 Å². The molecule has 0 radical (unpaired) electrons. The molecule has 0 saturated carbocycles. The zero-order chi connectivity index (χ0) is 28.7. The summed E-state index contributed by atoms with van der Waals surface area (Å²) in [6.07, 6.45) is 10.7. The molecule has 2 heterocycles. The Bertz CT molecular complexity index is 1300. The van der Waals surface area contributed by atoms with Crippen LogP contribution in [0.25, 0.3) is 5.57 Å². The molecule has 2 N–H and O–H groups in total. The number of carbonyl (C=O) groups excluding carboxylic acids is 2. The molecule has 0 aromatic heterocycles. The van der Waals surface area contributed by atoms with Gasteiger partial charge in [0.25, 0.3) is 0 Å². The molecule has 0 spiro atoms. The quantitative estimate of drug-likeness (QED) is 0.297. The average Bonchev–Trinajstić information content (AvgIpc) is 3.30. The maximum Gasteiger partial charge on any atom is 0.491 e. The van der Waals surface area contributed by atoms with Gasteiger partial charge in [-0.05, 0) is 85.8 Å². The lowest BCUT2D eigenvalue weighted by atomic mass is 9.79. The summed E-state index contributed by atoms with van der Waals surface area (Å²) in [5.41, 5.74) is 5.51. The van der Waals surface area contributed by atoms with E-state index in [0.29, 0.717) is 32.2 Å². The third-order valence-electron chi connectivity index (χ3n) is 7.06. The minimum absolute atomic E-state index is 0.00955. The SMILES string of the molecule is C\C=C/C(=C\C=C\C(=O)N1CCC(c2cccc(CNC(=O)OC(C)(C)C)c2)CC1)c1ccc2c(c1)COB2O. The van der Waals surface area contributed by atoms with E-state index < -0.39 is 18.8 Å². The van der Waals surface area contributed by atoms with Crippen LogP contribution in [0.15, 0.2) is 72.8 Å². The normalized spacial score (nSPS) is 16.6. The summed E-state index contributed by atoms with van der Waals surface area (Å²) < 4.78 is 10.6. The highest BCUT2D eigenvalue weighted by molar-refractivity contribution is 6.61. The summed E-state index contributed by atoms with van der Waals surface area (Å²) in [7, 11) is -0.857. The molecule has 7 nitrogen and oxygen atoms in total. The second-order valence-corrected chi connectivity index (χ2v) is 11.3. The lowest BCUT2D eigenvalue weighted by Gasteiger charge is -2.31. The van der Waals surface area contributed by atoms with Gasteiger partial charge < -0.3 is 24.6 Å². The molecule has 1 saturated heterocycles. The molecule has 0 unspecified atom stereocenters. The first-order valence-corrected chi connectivity index (χ1v) is 13.9. The van der Waals surface area contributed by atoms with Crippen molar-refractivity contribution >= 4 is 30.2 Å². The smallest absolute Gasteiger partial charge is 0.444 e. The molecular weight excluding hydrogens is 503 g/mol. The second kappa shape index (κ2) is 13.2. The monoisotopic (exact) mass is 542 g/mol. The van der Waals surface area contributed by atoms with Crippen molar-refractivity contribution in [2.45, 2.75) is 65.2 Å². The minimum atomic E-state index is -0.857. The first-order valence-electron chi connectivity index (χ1n) is 13.9. The van der Waals surface area contributed by atoms with Crippen LogP contribution in [0.5, 0.6) is 0 Å². The standard InChI is InChI=1S/C32H39BN2O5/c1-5-8-24(27-13-14-29-28(20-27)22-39-33(29)38)10-7-12-30(36)35-17-15-25(16-18-35)26-11-6-9-23(19-26)21-34-31(37)40-32(2,3)4/h5-14,19-20,25,38H,15-18,21-22H2,1-4H3,(H,34,37)/b8-5-,12-7+,24-10+. The van der Waals surface area contributed by atoms with Crippen molar-refractivity contribution in [3.8, 4) is 0 Å². The third-order valence-corrected chi connectivity index (χ3v) is 7.06. The van der Waals surface area contributed by atoms with Gasteiger partial charge in [0.1, 0.15) is 5.60 Å². The molecule has 2 aromatic carbocycles. The summed E-state index contributed by atoms with van der Waals surface area (Å²) in [5.74, 6) is 0.383. The molecule has 2 amide bonds. The Labute approximate surface area is 237 Å². The molecule has 2 aliphatic heterocycles. The van der Waals surface area contributed by atoms with E-state index in [0.717, 1.165) is 40.6 Å². The molecule has 0 aliphatic carbocycles. The second-order valence-electron chi connectivity index (χ2n) is 11.3. The van der Waals surface area contributed by atoms with Crippen LogP contribution < -0.4 is 10.8 Å². The van der Waals surface area contributed by atoms with Crippen molar-refractivity contribution in [2.75, 3.05) is 13.1 Å². The Morgan fingerprint density at radius 3 is 2.65 bits per heavy atom. The zero-order valence-corrected chi connectivity index (χ0v) is 23.9. The third kappa shape index (κ3) is 7.96. The summed E-state index contributed by atoms with van der Waals surface area (Å²) in [6, 6.07) is 14.2. The van der Waals surface area contributed by atoms with Crippen molar-refractivity contribution in [3.05, 3.63) is 95.1 Å². The largest absolute Gasteiger partial charge is 0.491 e. The Morgan fingerprint density at radius 1 is 1.15 bits per heavy atom. The van der Waals surface area contributed by atoms with E-state index in [1.165, 1.54) is 5.56 Å². The summed E-state index contributed by atoms with van der Waals surface area (Å²) in [5, 5.41) is 12.7. The van der Waals surface area contributed by atoms with E-state index >= 15 is 0 Å². The Morgan fingerprint density at radius 2 is 1.93 bits per heavy atom. The fourth-order valence-corrected chi connectivity index (χ4v) is 5.06. The van der Waals surface area contributed by atoms with Gasteiger partial charge in [-0.25, -0.2) is 4.79 Å². The molecule has 4 rings (SSSR count). The number of allylic oxidation sites excluding steroid dienone is 5. The number of ether oxygens (including phenoxy) is 1. The number of benzene rings is 2. The van der Waals surface area contributed by atoms with Gasteiger partial charge >= 0.3 is 13.2 Å². The highest BCUT2D eigenvalue weighted by Gasteiger charge is 2.27. The maximum absolute atomic E-state index is 12.9. The number of hydrogen-bond acceptors (Lipinski definition) is 5. The zero-order valence-electron chi connectivity index (χ0n) is 23.9. The molecule has 210 valence electrons. The van der Waals surface area contributed by atoms with E-state index in [-0.39, 0.29) is 5.91 Å². The van der Waals surface area contributed by atoms with Crippen LogP contribution in [0.1, 0.15) is 68.7 Å². The van der Waals surface area contributed by atoms with Gasteiger partial charge in [-0.1, -0.05) is 60.7 Å². The number of alkyl carbamates (subject to hydrolysis) is 1. The molecular formula is C32H39BN2O5. The van der Waals surface area contributed by atoms with Gasteiger partial charge in [0.05, 0.1) is 6.61 Å². The fourth-order valence-electron chi connectivity index (χ4n) is 5.06. The van der Waals surface area contributed by atoms with Crippen LogP contribution in [0, 0.1) is 0 Å². The van der Waals surface area contributed by atoms with E-state index in [1.54, 1.807) is 6.08 Å². The number of fused-ring (bicyclic) bond motifs is 1. The van der Waals surface area contributed by atoms with Crippen molar-refractivity contribution in [1.29, 1.82) is 0 Å². The Hall–Kier alpha value is -3.62. The number of hydrogen-bond donors (Lipinski definition) is 2. The molecule has 0 atom stereocenters. The first-order chi connectivity index (χ1) is 19.1. The predicted octanol–water partition coefficient (Wildman–Crippen LogP) is 4.85. The number of nitrogens with zero attached hydrogens (tertiary/aromatic N) is 1. The molecule has 2 aliphatic rings. The van der Waals surface area contributed by atoms with E-state index in [4.69, 9.17) is 9.39 Å². The van der Waals surface area contributed by atoms with E-state index in [2.05, 4.69) is 17.4 Å². The van der Waals surface area contributed by atoms with E-state index in [1.807, 2.05) is 87.2 Å². The number of amides is 2. The molecule has 2 aromatic rings. The highest BCUT2D eigenvalue weighted by atomic mass is 16.6. The predicted molar refractivity (Wildman–Crippen MR) is 159 cm³/mol. The molecule has 8 heteroatoms. The van der Waals surface area contributed by atoms with Crippen LogP contribution >= 0.6 is 0 Å². The highest BCUT2D eigenvalue weighted by Crippen LogP contribution is 2.29. The van der Waals surface area contributed by atoms with Crippen molar-refractivity contribution in [2.24, 2.45) is 0 Å². The fraction of sp³-hybridized carbons (Fsp3) is 0.375. The summed E-state index contributed by atoms with van der Waals surface area (Å²) in [6.45, 7) is 9.70. The van der Waals surface area contributed by atoms with Gasteiger partial charge in [-0.2, -0.15) is 0 Å². The molecule has 40 heavy (non-hydrogen) atoms. The van der Waals surface area contributed by atoms with Gasteiger partial charge in [0.2, 0.25) is 5.91 Å². The van der Waals surface area contributed by atoms with Crippen molar-refractivity contribution < 1.29 is 24.0 Å². The van der Waals surface area contributed by atoms with Gasteiger partial charge in [0, 0.05) is 25.7 Å². The van der Waals surface area contributed by atoms with Crippen LogP contribution in [-0.2, 0) is 27.3 Å². The van der Waals surface area contributed by atoms with Gasteiger partial charge in [-0.15, -0.1) is 0 Å². The van der Waals surface area contributed by atoms with E-state index in [9.17, 15) is 14.6 Å². The summed E-state index contributed by atoms with van der Waals surface area (Å²) in [4.78, 5) is 26.8. The van der Waals surface area contributed by atoms with Crippen LogP contribution in [0.3, 0.4) is 0 Å². The number of carbonyl (C=O) groups is 2. The van der Waals surface area contributed by atoms with Crippen molar-refractivity contribution in [1.82, 2.24) is 10.2 Å². The van der Waals surface area contributed by atoms with Gasteiger partial charge in [0.15, 0.2) is 0 Å². The Balaban J connectivity index is 1.31. The number of rotatable bonds is 7. The topological polar surface area (TPSA) is 88.1 Å². The molecule has 0 bridgehead atoms. The average molecular weight is 542 g/mol. The van der Waals surface area contributed by atoms with Gasteiger partial charge in [-0.3, -0.25) is 4.79 Å². The lowest BCUT2D eigenvalue weighted by Crippen LogP contribution is -2.36. The number of nitrogens with one attached hydrogen (secondary N) is 1. The number of likely N-dealkylation sites (tertiary alicyclic amines) is 1. The van der Waals surface area contributed by atoms with Crippen LogP contribution in [0.2, 0.25) is 0 Å². The number of piperidine rings is 1. The summed E-state index contributed by atoms with van der Waals surface area (Å²) >= 11 is 0. The lowest BCUT2D eigenvalue weighted by molar-refractivity contribution is -0.127. The minimum Gasteiger partial charge on any atom is -0.444 e. The van der Waals surface area contributed by atoms with Crippen LogP contribution in [-0.4, -0.2) is 47.7 Å². The first kappa shape index (κ1) is 29.4. The Kier molecular flexibility index (Phi) is 9.66. The molecule has 1 fully saturated rings. The maximum atomic E-state index is 12.9.